The van der Waals surface area contributed by atoms with Gasteiger partial charge < -0.3 is 15.2 Å². The first-order valence-electron chi connectivity index (χ1n) is 6.45. The fourth-order valence-electron chi connectivity index (χ4n) is 1.53. The van der Waals surface area contributed by atoms with Gasteiger partial charge in [0.05, 0.1) is 26.2 Å². The van der Waals surface area contributed by atoms with Crippen LogP contribution in [0.5, 0.6) is 0 Å². The van der Waals surface area contributed by atoms with Gasteiger partial charge in [0.15, 0.2) is 0 Å². The molecule has 1 aromatic carbocycles. The van der Waals surface area contributed by atoms with Crippen molar-refractivity contribution in [1.29, 1.82) is 0 Å². The van der Waals surface area contributed by atoms with Crippen LogP contribution >= 0.6 is 0 Å². The lowest BCUT2D eigenvalue weighted by Crippen LogP contribution is -2.41. The average Bonchev–Trinajstić information content (AvgIpc) is 2.52. The number of nitrogens with zero attached hydrogens (tertiary/aromatic N) is 1. The molecule has 0 aliphatic heterocycles. The summed E-state index contributed by atoms with van der Waals surface area (Å²) in [5.74, 6) is -0.361. The molecule has 2 N–H and O–H groups in total. The van der Waals surface area contributed by atoms with Crippen molar-refractivity contribution in [3.05, 3.63) is 35.9 Å². The van der Waals surface area contributed by atoms with Crippen molar-refractivity contribution in [2.24, 2.45) is 0 Å². The second-order valence-corrected chi connectivity index (χ2v) is 4.36. The lowest BCUT2D eigenvalue weighted by atomic mass is 10.2. The number of carbonyl (C=O) groups is 2. The summed E-state index contributed by atoms with van der Waals surface area (Å²) in [6, 6.07) is 8.47. The maximum Gasteiger partial charge on any atom is 0.407 e. The average molecular weight is 296 g/mol. The molecule has 116 valence electrons. The molecule has 1 rings (SSSR count). The van der Waals surface area contributed by atoms with Crippen LogP contribution in [0.1, 0.15) is 12.0 Å². The number of hydroxylamine groups is 2. The molecule has 1 atom stereocenters. The Morgan fingerprint density at radius 2 is 2.00 bits per heavy atom. The van der Waals surface area contributed by atoms with Crippen LogP contribution in [-0.2, 0) is 21.0 Å². The zero-order chi connectivity index (χ0) is 15.7. The van der Waals surface area contributed by atoms with Crippen LogP contribution in [0.2, 0.25) is 0 Å². The van der Waals surface area contributed by atoms with Crippen LogP contribution < -0.4 is 5.32 Å². The zero-order valence-corrected chi connectivity index (χ0v) is 12.1. The van der Waals surface area contributed by atoms with E-state index >= 15 is 0 Å². The number of rotatable bonds is 7. The third-order valence-corrected chi connectivity index (χ3v) is 2.80. The van der Waals surface area contributed by atoms with Crippen LogP contribution in [0.4, 0.5) is 4.79 Å². The van der Waals surface area contributed by atoms with Gasteiger partial charge in [0.2, 0.25) is 5.91 Å². The molecular formula is C14H20N2O5. The third-order valence-electron chi connectivity index (χ3n) is 2.80. The Bertz CT molecular complexity index is 452. The van der Waals surface area contributed by atoms with Crippen molar-refractivity contribution in [1.82, 2.24) is 10.4 Å². The molecule has 0 aromatic heterocycles. The van der Waals surface area contributed by atoms with Gasteiger partial charge in [-0.05, 0) is 5.56 Å². The van der Waals surface area contributed by atoms with E-state index in [1.54, 1.807) is 0 Å². The summed E-state index contributed by atoms with van der Waals surface area (Å²) in [4.78, 5) is 27.9. The standard InChI is InChI=1S/C14H20N2O5/c1-16(20-2)13(18)8-12(9-17)15-14(19)21-10-11-6-4-3-5-7-11/h3-7,12,17H,8-10H2,1-2H3,(H,15,19)/t12-/m0/s1. The first-order chi connectivity index (χ1) is 10.1. The highest BCUT2D eigenvalue weighted by molar-refractivity contribution is 5.76. The highest BCUT2D eigenvalue weighted by atomic mass is 16.7. The Balaban J connectivity index is 2.38. The number of nitrogens with one attached hydrogen (secondary N) is 1. The fourth-order valence-corrected chi connectivity index (χ4v) is 1.53. The van der Waals surface area contributed by atoms with Gasteiger partial charge in [-0.25, -0.2) is 9.86 Å². The molecule has 0 fully saturated rings. The van der Waals surface area contributed by atoms with E-state index in [9.17, 15) is 14.7 Å². The SMILES string of the molecule is CON(C)C(=O)C[C@@H](CO)NC(=O)OCc1ccccc1. The lowest BCUT2D eigenvalue weighted by molar-refractivity contribution is -0.169. The van der Waals surface area contributed by atoms with Crippen molar-refractivity contribution in [2.75, 3.05) is 20.8 Å². The van der Waals surface area contributed by atoms with Gasteiger partial charge in [0.25, 0.3) is 0 Å². The quantitative estimate of drug-likeness (QED) is 0.723. The molecule has 0 bridgehead atoms. The monoisotopic (exact) mass is 296 g/mol. The lowest BCUT2D eigenvalue weighted by Gasteiger charge is -2.19. The zero-order valence-electron chi connectivity index (χ0n) is 12.1. The highest BCUT2D eigenvalue weighted by Crippen LogP contribution is 2.02. The number of ether oxygens (including phenoxy) is 1. The molecule has 2 amide bonds. The predicted octanol–water partition coefficient (Wildman–Crippen LogP) is 0.684. The van der Waals surface area contributed by atoms with E-state index in [0.717, 1.165) is 10.6 Å². The van der Waals surface area contributed by atoms with E-state index in [4.69, 9.17) is 9.57 Å². The molecule has 0 aliphatic rings. The number of alkyl carbamates (subject to hydrolysis) is 1. The summed E-state index contributed by atoms with van der Waals surface area (Å²) in [7, 11) is 2.80. The molecule has 0 radical (unpaired) electrons. The molecule has 7 nitrogen and oxygen atoms in total. The number of aliphatic hydroxyl groups excluding tert-OH is 1. The van der Waals surface area contributed by atoms with Gasteiger partial charge in [0, 0.05) is 7.05 Å². The molecule has 1 aromatic rings. The summed E-state index contributed by atoms with van der Waals surface area (Å²) in [6.07, 6.45) is -0.771. The Labute approximate surface area is 123 Å². The van der Waals surface area contributed by atoms with E-state index in [2.05, 4.69) is 5.32 Å². The number of benzene rings is 1. The minimum absolute atomic E-state index is 0.0821. The normalized spacial score (nSPS) is 11.6. The minimum Gasteiger partial charge on any atom is -0.445 e. The van der Waals surface area contributed by atoms with Crippen LogP contribution in [-0.4, -0.2) is 49.0 Å². The smallest absolute Gasteiger partial charge is 0.407 e. The van der Waals surface area contributed by atoms with Crippen molar-refractivity contribution >= 4 is 12.0 Å². The van der Waals surface area contributed by atoms with Crippen molar-refractivity contribution in [3.63, 3.8) is 0 Å². The molecule has 21 heavy (non-hydrogen) atoms. The molecule has 0 saturated heterocycles. The molecular weight excluding hydrogens is 276 g/mol. The van der Waals surface area contributed by atoms with E-state index < -0.39 is 12.1 Å². The highest BCUT2D eigenvalue weighted by Gasteiger charge is 2.18. The number of aliphatic hydroxyl groups is 1. The van der Waals surface area contributed by atoms with Gasteiger partial charge in [-0.1, -0.05) is 30.3 Å². The van der Waals surface area contributed by atoms with Gasteiger partial charge in [-0.3, -0.25) is 9.63 Å². The topological polar surface area (TPSA) is 88.1 Å². The second kappa shape index (κ2) is 8.93. The number of hydrogen-bond donors (Lipinski definition) is 2. The van der Waals surface area contributed by atoms with E-state index in [1.165, 1.54) is 14.2 Å². The summed E-state index contributed by atoms with van der Waals surface area (Å²) in [5.41, 5.74) is 0.850. The van der Waals surface area contributed by atoms with Gasteiger partial charge >= 0.3 is 6.09 Å². The molecule has 0 unspecified atom stereocenters. The second-order valence-electron chi connectivity index (χ2n) is 4.36. The van der Waals surface area contributed by atoms with E-state index in [-0.39, 0.29) is 25.5 Å². The first kappa shape index (κ1) is 16.9. The van der Waals surface area contributed by atoms with Crippen molar-refractivity contribution in [3.8, 4) is 0 Å². The van der Waals surface area contributed by atoms with Crippen LogP contribution in [0, 0.1) is 0 Å². The Kier molecular flexibility index (Phi) is 7.20. The Morgan fingerprint density at radius 3 is 2.57 bits per heavy atom. The van der Waals surface area contributed by atoms with Crippen molar-refractivity contribution < 1.29 is 24.3 Å². The molecule has 0 saturated carbocycles. The van der Waals surface area contributed by atoms with Gasteiger partial charge in [0.1, 0.15) is 6.61 Å². The maximum atomic E-state index is 11.6. The number of carbonyl (C=O) groups excluding carboxylic acids is 2. The third kappa shape index (κ3) is 6.24. The molecule has 0 aliphatic carbocycles. The van der Waals surface area contributed by atoms with Crippen LogP contribution in [0.25, 0.3) is 0 Å². The summed E-state index contributed by atoms with van der Waals surface area (Å²) < 4.78 is 5.01. The Hall–Kier alpha value is -2.12. The van der Waals surface area contributed by atoms with E-state index in [0.29, 0.717) is 0 Å². The first-order valence-corrected chi connectivity index (χ1v) is 6.45. The largest absolute Gasteiger partial charge is 0.445 e. The van der Waals surface area contributed by atoms with Crippen molar-refractivity contribution in [2.45, 2.75) is 19.1 Å². The summed E-state index contributed by atoms with van der Waals surface area (Å²) in [5, 5.41) is 12.6. The summed E-state index contributed by atoms with van der Waals surface area (Å²) in [6.45, 7) is -0.250. The van der Waals surface area contributed by atoms with Crippen LogP contribution in [0.15, 0.2) is 30.3 Å². The maximum absolute atomic E-state index is 11.6. The molecule has 7 heteroatoms. The Morgan fingerprint density at radius 1 is 1.33 bits per heavy atom. The van der Waals surface area contributed by atoms with Gasteiger partial charge in [-0.15, -0.1) is 0 Å². The number of amides is 2. The summed E-state index contributed by atoms with van der Waals surface area (Å²) >= 11 is 0. The minimum atomic E-state index is -0.724. The van der Waals surface area contributed by atoms with Crippen LogP contribution in [0.3, 0.4) is 0 Å². The van der Waals surface area contributed by atoms with E-state index in [1.807, 2.05) is 30.3 Å². The van der Waals surface area contributed by atoms with Gasteiger partial charge in [-0.2, -0.15) is 0 Å². The fraction of sp³-hybridized carbons (Fsp3) is 0.429. The molecule has 0 spiro atoms. The predicted molar refractivity (Wildman–Crippen MR) is 75.0 cm³/mol. The molecule has 0 heterocycles. The number of hydrogen-bond acceptors (Lipinski definition) is 5.